The molecular formula is C14H9F6NO3. The zero-order valence-electron chi connectivity index (χ0n) is 11.9. The van der Waals surface area contributed by atoms with Crippen molar-refractivity contribution in [2.75, 3.05) is 0 Å². The summed E-state index contributed by atoms with van der Waals surface area (Å²) in [7, 11) is 0. The summed E-state index contributed by atoms with van der Waals surface area (Å²) in [5.74, 6) is -0.324. The molecule has 2 aromatic rings. The lowest BCUT2D eigenvalue weighted by molar-refractivity contribution is -0.376. The first-order chi connectivity index (χ1) is 10.9. The first-order valence-corrected chi connectivity index (χ1v) is 6.55. The molecule has 24 heavy (non-hydrogen) atoms. The lowest BCUT2D eigenvalue weighted by atomic mass is 9.90. The van der Waals surface area contributed by atoms with E-state index in [2.05, 4.69) is 0 Å². The number of aliphatic hydroxyl groups is 1. The molecule has 4 nitrogen and oxygen atoms in total. The molecule has 0 fully saturated rings. The first kappa shape index (κ1) is 16.6. The maximum atomic E-state index is 13.0. The van der Waals surface area contributed by atoms with Gasteiger partial charge in [-0.15, -0.1) is 0 Å². The molecule has 1 aromatic heterocycles. The highest BCUT2D eigenvalue weighted by Gasteiger charge is 2.71. The molecule has 0 amide bonds. The van der Waals surface area contributed by atoms with Crippen LogP contribution in [0.15, 0.2) is 23.0 Å². The fraction of sp³-hybridized carbons (Fsp3) is 0.357. The standard InChI is InChI=1S/C14H9F6NO3/c1-6-2-10(22)21-5-24-9-4-7(3-8(6)11(9)21)12(23,13(15,16)17)14(18,19)20/h2-4,23H,5H2,1H3. The Morgan fingerprint density at radius 2 is 1.67 bits per heavy atom. The van der Waals surface area contributed by atoms with E-state index in [9.17, 15) is 36.2 Å². The van der Waals surface area contributed by atoms with Gasteiger partial charge in [0.2, 0.25) is 0 Å². The third-order valence-corrected chi connectivity index (χ3v) is 3.96. The monoisotopic (exact) mass is 353 g/mol. The van der Waals surface area contributed by atoms with Crippen molar-refractivity contribution in [3.05, 3.63) is 39.7 Å². The Hall–Kier alpha value is -2.23. The molecule has 0 unspecified atom stereocenters. The van der Waals surface area contributed by atoms with Crippen LogP contribution in [0.25, 0.3) is 10.9 Å². The topological polar surface area (TPSA) is 51.5 Å². The SMILES string of the molecule is Cc1cc(=O)n2c3c(cc(C(O)(C(F)(F)F)C(F)(F)F)cc13)OC2. The van der Waals surface area contributed by atoms with Gasteiger partial charge < -0.3 is 9.84 Å². The molecule has 1 aliphatic rings. The summed E-state index contributed by atoms with van der Waals surface area (Å²) in [5.41, 5.74) is -6.69. The predicted octanol–water partition coefficient (Wildman–Crippen LogP) is 2.97. The number of alkyl halides is 6. The van der Waals surface area contributed by atoms with Crippen molar-refractivity contribution in [1.29, 1.82) is 0 Å². The molecule has 1 N–H and O–H groups in total. The van der Waals surface area contributed by atoms with E-state index in [0.717, 1.165) is 10.6 Å². The average molecular weight is 353 g/mol. The van der Waals surface area contributed by atoms with E-state index in [1.54, 1.807) is 0 Å². The van der Waals surface area contributed by atoms with Crippen molar-refractivity contribution in [2.24, 2.45) is 0 Å². The lowest BCUT2D eigenvalue weighted by Gasteiger charge is -2.32. The van der Waals surface area contributed by atoms with Crippen LogP contribution in [0.1, 0.15) is 11.1 Å². The number of aromatic nitrogens is 1. The van der Waals surface area contributed by atoms with E-state index in [0.29, 0.717) is 12.1 Å². The number of pyridine rings is 1. The van der Waals surface area contributed by atoms with Crippen LogP contribution in [0.2, 0.25) is 0 Å². The third kappa shape index (κ3) is 2.02. The Labute approximate surface area is 129 Å². The summed E-state index contributed by atoms with van der Waals surface area (Å²) in [5, 5.41) is 9.49. The van der Waals surface area contributed by atoms with Crippen molar-refractivity contribution < 1.29 is 36.2 Å². The van der Waals surface area contributed by atoms with Crippen LogP contribution < -0.4 is 10.3 Å². The van der Waals surface area contributed by atoms with Gasteiger partial charge in [-0.3, -0.25) is 9.36 Å². The van der Waals surface area contributed by atoms with Gasteiger partial charge in [0.05, 0.1) is 5.52 Å². The van der Waals surface area contributed by atoms with Crippen LogP contribution in [0.4, 0.5) is 26.3 Å². The van der Waals surface area contributed by atoms with Crippen molar-refractivity contribution in [1.82, 2.24) is 4.57 Å². The molecular weight excluding hydrogens is 344 g/mol. The average Bonchev–Trinajstić information content (AvgIpc) is 2.85. The highest BCUT2D eigenvalue weighted by atomic mass is 19.4. The molecule has 2 heterocycles. The van der Waals surface area contributed by atoms with Crippen LogP contribution in [0, 0.1) is 6.92 Å². The van der Waals surface area contributed by atoms with Gasteiger partial charge in [0.1, 0.15) is 5.75 Å². The number of nitrogens with zero attached hydrogens (tertiary/aromatic N) is 1. The van der Waals surface area contributed by atoms with Gasteiger partial charge in [0, 0.05) is 17.0 Å². The summed E-state index contributed by atoms with van der Waals surface area (Å²) < 4.78 is 84.3. The molecule has 0 spiro atoms. The Kier molecular flexibility index (Phi) is 3.22. The van der Waals surface area contributed by atoms with Gasteiger partial charge in [-0.1, -0.05) is 0 Å². The number of hydrogen-bond donors (Lipinski definition) is 1. The van der Waals surface area contributed by atoms with Crippen LogP contribution in [-0.2, 0) is 12.3 Å². The lowest BCUT2D eigenvalue weighted by Crippen LogP contribution is -2.53. The summed E-state index contributed by atoms with van der Waals surface area (Å²) in [4.78, 5) is 11.8. The molecule has 0 atom stereocenters. The number of aryl methyl sites for hydroxylation is 1. The molecule has 0 bridgehead atoms. The van der Waals surface area contributed by atoms with Gasteiger partial charge >= 0.3 is 12.4 Å². The normalized spacial score (nSPS) is 15.0. The molecule has 1 aromatic carbocycles. The highest BCUT2D eigenvalue weighted by Crippen LogP contribution is 2.51. The first-order valence-electron chi connectivity index (χ1n) is 6.55. The molecule has 0 saturated heterocycles. The van der Waals surface area contributed by atoms with Crippen LogP contribution in [-0.4, -0.2) is 22.0 Å². The summed E-state index contributed by atoms with van der Waals surface area (Å²) in [6.07, 6.45) is -12.0. The quantitative estimate of drug-likeness (QED) is 0.802. The maximum absolute atomic E-state index is 13.0. The highest BCUT2D eigenvalue weighted by molar-refractivity contribution is 5.89. The maximum Gasteiger partial charge on any atom is 0.430 e. The minimum Gasteiger partial charge on any atom is -0.470 e. The second-order valence-corrected chi connectivity index (χ2v) is 5.44. The Balaban J connectivity index is 2.40. The van der Waals surface area contributed by atoms with Crippen molar-refractivity contribution in [3.63, 3.8) is 0 Å². The molecule has 0 radical (unpaired) electrons. The molecule has 1 aliphatic heterocycles. The zero-order chi connectivity index (χ0) is 18.1. The minimum absolute atomic E-state index is 0.0356. The van der Waals surface area contributed by atoms with Crippen LogP contribution in [0.3, 0.4) is 0 Å². The van der Waals surface area contributed by atoms with Gasteiger partial charge in [0.15, 0.2) is 6.73 Å². The minimum atomic E-state index is -5.99. The Morgan fingerprint density at radius 3 is 2.21 bits per heavy atom. The van der Waals surface area contributed by atoms with E-state index in [4.69, 9.17) is 4.74 Å². The van der Waals surface area contributed by atoms with E-state index < -0.39 is 29.1 Å². The number of halogens is 6. The second-order valence-electron chi connectivity index (χ2n) is 5.44. The van der Waals surface area contributed by atoms with Gasteiger partial charge in [-0.25, -0.2) is 0 Å². The summed E-state index contributed by atoms with van der Waals surface area (Å²) in [6, 6.07) is 2.12. The summed E-state index contributed by atoms with van der Waals surface area (Å²) in [6.45, 7) is 1.04. The largest absolute Gasteiger partial charge is 0.470 e. The van der Waals surface area contributed by atoms with E-state index in [-0.39, 0.29) is 28.9 Å². The zero-order valence-corrected chi connectivity index (χ0v) is 11.9. The van der Waals surface area contributed by atoms with Gasteiger partial charge in [0.25, 0.3) is 11.2 Å². The molecule has 0 aliphatic carbocycles. The third-order valence-electron chi connectivity index (χ3n) is 3.96. The fourth-order valence-electron chi connectivity index (χ4n) is 2.71. The number of benzene rings is 1. The van der Waals surface area contributed by atoms with Crippen LogP contribution in [0.5, 0.6) is 5.75 Å². The number of ether oxygens (including phenoxy) is 1. The Morgan fingerprint density at radius 1 is 1.08 bits per heavy atom. The molecule has 0 saturated carbocycles. The van der Waals surface area contributed by atoms with Gasteiger partial charge in [-0.05, 0) is 24.6 Å². The van der Waals surface area contributed by atoms with Crippen molar-refractivity contribution in [2.45, 2.75) is 31.6 Å². The molecule has 130 valence electrons. The Bertz CT molecular complexity index is 882. The molecule has 10 heteroatoms. The van der Waals surface area contributed by atoms with E-state index in [1.165, 1.54) is 6.92 Å². The number of rotatable bonds is 1. The van der Waals surface area contributed by atoms with E-state index in [1.807, 2.05) is 0 Å². The second kappa shape index (κ2) is 4.65. The predicted molar refractivity (Wildman–Crippen MR) is 69.6 cm³/mol. The van der Waals surface area contributed by atoms with E-state index >= 15 is 0 Å². The number of hydrogen-bond acceptors (Lipinski definition) is 3. The van der Waals surface area contributed by atoms with Crippen LogP contribution >= 0.6 is 0 Å². The van der Waals surface area contributed by atoms with Crippen molar-refractivity contribution in [3.8, 4) is 5.75 Å². The van der Waals surface area contributed by atoms with Crippen molar-refractivity contribution >= 4 is 10.9 Å². The molecule has 3 rings (SSSR count). The van der Waals surface area contributed by atoms with Gasteiger partial charge in [-0.2, -0.15) is 26.3 Å². The summed E-state index contributed by atoms with van der Waals surface area (Å²) >= 11 is 0. The fourth-order valence-corrected chi connectivity index (χ4v) is 2.71. The smallest absolute Gasteiger partial charge is 0.430 e.